The summed E-state index contributed by atoms with van der Waals surface area (Å²) in [5.74, 6) is -0.462. The average Bonchev–Trinajstić information content (AvgIpc) is 3.23. The standard InChI is InChI=1S/C26H48N2O8/c1-18-22(13-19(16-29)26(34)25(18)33)36-12-8-4-5-9-23(31)27-11-7-3-6-10-24(32)28-15-21(30)14-20(28)17-35-2/h18-22,25-26,29-30,33-34H,3-17H2,1-2H3,(H,27,31)/t18?,19?,20-,21+,22+,25+,26-/m0/s1. The highest BCUT2D eigenvalue weighted by molar-refractivity contribution is 5.77. The summed E-state index contributed by atoms with van der Waals surface area (Å²) < 4.78 is 11.0. The van der Waals surface area contributed by atoms with E-state index in [1.54, 1.807) is 12.0 Å². The van der Waals surface area contributed by atoms with Crippen LogP contribution in [0.4, 0.5) is 0 Å². The second-order valence-electron chi connectivity index (χ2n) is 10.4. The zero-order chi connectivity index (χ0) is 26.5. The predicted octanol–water partition coefficient (Wildman–Crippen LogP) is 0.587. The van der Waals surface area contributed by atoms with Gasteiger partial charge in [0, 0.05) is 58.1 Å². The molecule has 5 N–H and O–H groups in total. The summed E-state index contributed by atoms with van der Waals surface area (Å²) in [6.07, 6.45) is 4.44. The van der Waals surface area contributed by atoms with Gasteiger partial charge in [0.2, 0.25) is 11.8 Å². The first-order valence-electron chi connectivity index (χ1n) is 13.6. The summed E-state index contributed by atoms with van der Waals surface area (Å²) >= 11 is 0. The fraction of sp³-hybridized carbons (Fsp3) is 0.923. The van der Waals surface area contributed by atoms with Crippen molar-refractivity contribution in [3.05, 3.63) is 0 Å². The van der Waals surface area contributed by atoms with E-state index < -0.39 is 18.3 Å². The molecule has 2 fully saturated rings. The Morgan fingerprint density at radius 2 is 1.69 bits per heavy atom. The number of amides is 2. The number of methoxy groups -OCH3 is 1. The highest BCUT2D eigenvalue weighted by Crippen LogP contribution is 2.31. The van der Waals surface area contributed by atoms with Gasteiger partial charge in [-0.3, -0.25) is 9.59 Å². The van der Waals surface area contributed by atoms with Gasteiger partial charge in [-0.15, -0.1) is 0 Å². The minimum Gasteiger partial charge on any atom is -0.396 e. The monoisotopic (exact) mass is 516 g/mol. The highest BCUT2D eigenvalue weighted by Gasteiger charge is 2.41. The fourth-order valence-electron chi connectivity index (χ4n) is 5.25. The first-order valence-corrected chi connectivity index (χ1v) is 13.6. The van der Waals surface area contributed by atoms with Crippen molar-refractivity contribution in [2.75, 3.05) is 40.0 Å². The number of hydrogen-bond acceptors (Lipinski definition) is 8. The molecule has 1 heterocycles. The Morgan fingerprint density at radius 1 is 0.972 bits per heavy atom. The molecule has 7 atom stereocenters. The van der Waals surface area contributed by atoms with E-state index in [-0.39, 0.29) is 42.4 Å². The molecule has 2 amide bonds. The molecule has 0 aromatic rings. The lowest BCUT2D eigenvalue weighted by atomic mass is 9.77. The van der Waals surface area contributed by atoms with E-state index in [0.717, 1.165) is 38.5 Å². The lowest BCUT2D eigenvalue weighted by molar-refractivity contribution is -0.144. The zero-order valence-electron chi connectivity index (χ0n) is 22.0. The Kier molecular flexibility index (Phi) is 14.2. The molecule has 2 unspecified atom stereocenters. The second-order valence-corrected chi connectivity index (χ2v) is 10.4. The number of nitrogens with one attached hydrogen (secondary N) is 1. The third-order valence-electron chi connectivity index (χ3n) is 7.57. The molecule has 0 aromatic heterocycles. The summed E-state index contributed by atoms with van der Waals surface area (Å²) in [4.78, 5) is 26.2. The van der Waals surface area contributed by atoms with Crippen LogP contribution in [0.25, 0.3) is 0 Å². The maximum Gasteiger partial charge on any atom is 0.222 e. The van der Waals surface area contributed by atoms with Crippen molar-refractivity contribution in [1.82, 2.24) is 10.2 Å². The van der Waals surface area contributed by atoms with Gasteiger partial charge in [0.25, 0.3) is 0 Å². The van der Waals surface area contributed by atoms with E-state index in [9.17, 15) is 30.0 Å². The molecule has 0 radical (unpaired) electrons. The number of β-amino-alcohol motifs (C(OH)–C–C–N with tert-alkyl or cyclic N) is 1. The van der Waals surface area contributed by atoms with Gasteiger partial charge >= 0.3 is 0 Å². The number of ether oxygens (including phenoxy) is 2. The summed E-state index contributed by atoms with van der Waals surface area (Å²) in [6.45, 7) is 3.64. The lowest BCUT2D eigenvalue weighted by Crippen LogP contribution is -2.50. The quantitative estimate of drug-likeness (QED) is 0.187. The fourth-order valence-corrected chi connectivity index (χ4v) is 5.25. The number of likely N-dealkylation sites (tertiary alicyclic amines) is 1. The molecule has 1 aliphatic heterocycles. The molecule has 10 heteroatoms. The van der Waals surface area contributed by atoms with Crippen molar-refractivity contribution >= 4 is 11.8 Å². The van der Waals surface area contributed by atoms with Crippen molar-refractivity contribution in [3.63, 3.8) is 0 Å². The van der Waals surface area contributed by atoms with Crippen molar-refractivity contribution in [2.45, 2.75) is 102 Å². The maximum absolute atomic E-state index is 12.4. The Labute approximate surface area is 215 Å². The molecule has 210 valence electrons. The Balaban J connectivity index is 1.45. The van der Waals surface area contributed by atoms with Crippen LogP contribution in [0, 0.1) is 11.8 Å². The van der Waals surface area contributed by atoms with E-state index in [1.165, 1.54) is 0 Å². The van der Waals surface area contributed by atoms with Crippen LogP contribution in [0.5, 0.6) is 0 Å². The predicted molar refractivity (Wildman–Crippen MR) is 134 cm³/mol. The maximum atomic E-state index is 12.4. The molecule has 1 saturated heterocycles. The Hall–Kier alpha value is -1.30. The van der Waals surface area contributed by atoms with E-state index >= 15 is 0 Å². The van der Waals surface area contributed by atoms with Gasteiger partial charge in [0.1, 0.15) is 0 Å². The minimum atomic E-state index is -0.912. The van der Waals surface area contributed by atoms with Gasteiger partial charge in [-0.2, -0.15) is 0 Å². The van der Waals surface area contributed by atoms with E-state index in [2.05, 4.69) is 5.32 Å². The molecule has 2 aliphatic rings. The number of nitrogens with zero attached hydrogens (tertiary/aromatic N) is 1. The first-order chi connectivity index (χ1) is 17.3. The van der Waals surface area contributed by atoms with Crippen molar-refractivity contribution < 1.29 is 39.5 Å². The summed E-state index contributed by atoms with van der Waals surface area (Å²) in [5, 5.41) is 42.3. The third kappa shape index (κ3) is 9.87. The molecule has 0 bridgehead atoms. The topological polar surface area (TPSA) is 149 Å². The van der Waals surface area contributed by atoms with Gasteiger partial charge < -0.3 is 40.1 Å². The second kappa shape index (κ2) is 16.5. The zero-order valence-corrected chi connectivity index (χ0v) is 22.0. The normalized spacial score (nSPS) is 30.5. The highest BCUT2D eigenvalue weighted by atomic mass is 16.5. The summed E-state index contributed by atoms with van der Waals surface area (Å²) in [6, 6.07) is -0.0419. The van der Waals surface area contributed by atoms with Gasteiger partial charge in [-0.1, -0.05) is 19.8 Å². The minimum absolute atomic E-state index is 0.0317. The van der Waals surface area contributed by atoms with E-state index in [4.69, 9.17) is 9.47 Å². The van der Waals surface area contributed by atoms with E-state index in [1.807, 2.05) is 6.92 Å². The van der Waals surface area contributed by atoms with Gasteiger partial charge in [0.15, 0.2) is 0 Å². The number of carbonyl (C=O) groups excluding carboxylic acids is 2. The lowest BCUT2D eigenvalue weighted by Gasteiger charge is -2.40. The number of aliphatic hydroxyl groups is 4. The number of unbranched alkanes of at least 4 members (excludes halogenated alkanes) is 4. The van der Waals surface area contributed by atoms with Crippen LogP contribution >= 0.6 is 0 Å². The SMILES string of the molecule is COC[C@@H]1C[C@@H](O)CN1C(=O)CCCCCNC(=O)CCCCCO[C@@H]1CC(CO)[C@H](O)[C@H](O)C1C. The van der Waals surface area contributed by atoms with Crippen molar-refractivity contribution in [1.29, 1.82) is 0 Å². The molecular formula is C26H48N2O8. The largest absolute Gasteiger partial charge is 0.396 e. The van der Waals surface area contributed by atoms with Crippen molar-refractivity contribution in [3.8, 4) is 0 Å². The van der Waals surface area contributed by atoms with Gasteiger partial charge in [-0.05, 0) is 38.5 Å². The number of hydrogen-bond donors (Lipinski definition) is 5. The van der Waals surface area contributed by atoms with Crippen LogP contribution in [-0.4, -0.2) is 108 Å². The van der Waals surface area contributed by atoms with Crippen molar-refractivity contribution in [2.24, 2.45) is 11.8 Å². The van der Waals surface area contributed by atoms with Crippen LogP contribution in [-0.2, 0) is 19.1 Å². The van der Waals surface area contributed by atoms with Crippen LogP contribution in [0.2, 0.25) is 0 Å². The van der Waals surface area contributed by atoms with Gasteiger partial charge in [-0.25, -0.2) is 0 Å². The molecule has 36 heavy (non-hydrogen) atoms. The van der Waals surface area contributed by atoms with Gasteiger partial charge in [0.05, 0.1) is 37.1 Å². The smallest absolute Gasteiger partial charge is 0.222 e. The summed E-state index contributed by atoms with van der Waals surface area (Å²) in [7, 11) is 1.60. The summed E-state index contributed by atoms with van der Waals surface area (Å²) in [5.41, 5.74) is 0. The van der Waals surface area contributed by atoms with E-state index in [0.29, 0.717) is 52.0 Å². The average molecular weight is 517 g/mol. The van der Waals surface area contributed by atoms with Crippen LogP contribution in [0.1, 0.15) is 71.1 Å². The molecule has 1 aliphatic carbocycles. The number of carbonyl (C=O) groups is 2. The molecule has 0 aromatic carbocycles. The molecular weight excluding hydrogens is 468 g/mol. The molecule has 0 spiro atoms. The number of aliphatic hydroxyl groups excluding tert-OH is 4. The molecule has 2 rings (SSSR count). The third-order valence-corrected chi connectivity index (χ3v) is 7.57. The van der Waals surface area contributed by atoms with Crippen LogP contribution in [0.3, 0.4) is 0 Å². The Bertz CT molecular complexity index is 649. The molecule has 10 nitrogen and oxygen atoms in total. The first kappa shape index (κ1) is 30.9. The Morgan fingerprint density at radius 3 is 2.42 bits per heavy atom. The molecule has 1 saturated carbocycles. The number of rotatable bonds is 16. The van der Waals surface area contributed by atoms with Crippen LogP contribution in [0.15, 0.2) is 0 Å². The van der Waals surface area contributed by atoms with Crippen LogP contribution < -0.4 is 5.32 Å².